The van der Waals surface area contributed by atoms with Crippen molar-refractivity contribution in [1.29, 1.82) is 0 Å². The van der Waals surface area contributed by atoms with Crippen LogP contribution in [-0.4, -0.2) is 60.4 Å². The highest BCUT2D eigenvalue weighted by atomic mass is 16.5. The van der Waals surface area contributed by atoms with E-state index in [1.165, 1.54) is 4.90 Å². The molecule has 1 saturated carbocycles. The maximum Gasteiger partial charge on any atom is 0.233 e. The van der Waals surface area contributed by atoms with E-state index in [4.69, 9.17) is 4.74 Å². The second kappa shape index (κ2) is 8.63. The zero-order chi connectivity index (χ0) is 20.2. The van der Waals surface area contributed by atoms with Gasteiger partial charge in [0.1, 0.15) is 12.4 Å². The SMILES string of the molecule is CCNC(=NCCN1C(=O)C2C3C=CC(C3)C2C1=O)NCCOc1cccnc1. The summed E-state index contributed by atoms with van der Waals surface area (Å²) in [4.78, 5) is 35.3. The van der Waals surface area contributed by atoms with Crippen LogP contribution in [0.1, 0.15) is 13.3 Å². The van der Waals surface area contributed by atoms with E-state index in [2.05, 4.69) is 32.8 Å². The van der Waals surface area contributed by atoms with Crippen LogP contribution in [0.2, 0.25) is 0 Å². The van der Waals surface area contributed by atoms with Crippen molar-refractivity contribution < 1.29 is 14.3 Å². The minimum Gasteiger partial charge on any atom is -0.490 e. The van der Waals surface area contributed by atoms with E-state index in [0.717, 1.165) is 18.7 Å². The molecule has 1 aromatic rings. The van der Waals surface area contributed by atoms with Gasteiger partial charge in [0.25, 0.3) is 0 Å². The van der Waals surface area contributed by atoms with E-state index in [0.29, 0.717) is 32.2 Å². The van der Waals surface area contributed by atoms with Gasteiger partial charge in [0.15, 0.2) is 5.96 Å². The molecule has 2 N–H and O–H groups in total. The number of hydrogen-bond acceptors (Lipinski definition) is 5. The second-order valence-electron chi connectivity index (χ2n) is 7.55. The maximum atomic E-state index is 12.7. The van der Waals surface area contributed by atoms with Crippen molar-refractivity contribution >= 4 is 17.8 Å². The molecule has 1 saturated heterocycles. The number of pyridine rings is 1. The highest BCUT2D eigenvalue weighted by molar-refractivity contribution is 6.06. The Morgan fingerprint density at radius 2 is 2.00 bits per heavy atom. The van der Waals surface area contributed by atoms with Crippen molar-refractivity contribution in [2.45, 2.75) is 13.3 Å². The summed E-state index contributed by atoms with van der Waals surface area (Å²) in [6.45, 7) is 4.45. The van der Waals surface area contributed by atoms with Crippen LogP contribution in [0.3, 0.4) is 0 Å². The number of guanidine groups is 1. The summed E-state index contributed by atoms with van der Waals surface area (Å²) in [5.74, 6) is 1.53. The first kappa shape index (κ1) is 19.4. The van der Waals surface area contributed by atoms with Gasteiger partial charge in [-0.1, -0.05) is 12.2 Å². The van der Waals surface area contributed by atoms with Crippen molar-refractivity contribution in [2.75, 3.05) is 32.8 Å². The number of amides is 2. The van der Waals surface area contributed by atoms with Gasteiger partial charge in [-0.05, 0) is 37.3 Å². The van der Waals surface area contributed by atoms with Gasteiger partial charge in [-0.15, -0.1) is 0 Å². The Morgan fingerprint density at radius 1 is 1.24 bits per heavy atom. The molecule has 2 fully saturated rings. The Labute approximate surface area is 170 Å². The number of hydrogen-bond donors (Lipinski definition) is 2. The van der Waals surface area contributed by atoms with Crippen LogP contribution in [0.4, 0.5) is 0 Å². The summed E-state index contributed by atoms with van der Waals surface area (Å²) in [6, 6.07) is 3.68. The Morgan fingerprint density at radius 3 is 2.66 bits per heavy atom. The number of nitrogens with one attached hydrogen (secondary N) is 2. The zero-order valence-electron chi connectivity index (χ0n) is 16.6. The summed E-state index contributed by atoms with van der Waals surface area (Å²) in [5, 5.41) is 6.36. The lowest BCUT2D eigenvalue weighted by Gasteiger charge is -2.17. The Kier molecular flexibility index (Phi) is 5.78. The summed E-state index contributed by atoms with van der Waals surface area (Å²) in [6.07, 6.45) is 8.54. The van der Waals surface area contributed by atoms with Crippen LogP contribution in [0.25, 0.3) is 0 Å². The quantitative estimate of drug-likeness (QED) is 0.222. The lowest BCUT2D eigenvalue weighted by Crippen LogP contribution is -2.40. The molecule has 2 aliphatic carbocycles. The van der Waals surface area contributed by atoms with Crippen molar-refractivity contribution in [2.24, 2.45) is 28.7 Å². The van der Waals surface area contributed by atoms with Gasteiger partial charge in [0.2, 0.25) is 11.8 Å². The molecular weight excluding hydrogens is 370 g/mol. The summed E-state index contributed by atoms with van der Waals surface area (Å²) in [5.41, 5.74) is 0. The number of ether oxygens (including phenoxy) is 1. The fraction of sp³-hybridized carbons (Fsp3) is 0.524. The molecule has 1 aromatic heterocycles. The Bertz CT molecular complexity index is 780. The third kappa shape index (κ3) is 3.97. The molecule has 0 aromatic carbocycles. The average Bonchev–Trinajstić information content (AvgIpc) is 3.41. The minimum atomic E-state index is -0.141. The third-order valence-electron chi connectivity index (χ3n) is 5.80. The van der Waals surface area contributed by atoms with Crippen LogP contribution in [-0.2, 0) is 9.59 Å². The molecule has 8 heteroatoms. The van der Waals surface area contributed by atoms with Gasteiger partial charge in [0.05, 0.1) is 31.1 Å². The predicted molar refractivity (Wildman–Crippen MR) is 108 cm³/mol. The molecule has 0 spiro atoms. The van der Waals surface area contributed by atoms with Gasteiger partial charge >= 0.3 is 0 Å². The van der Waals surface area contributed by atoms with Gasteiger partial charge in [-0.25, -0.2) is 0 Å². The number of likely N-dealkylation sites (tertiary alicyclic amines) is 1. The standard InChI is InChI=1S/C21H27N5O3/c1-2-23-21(25-9-11-29-16-4-3-7-22-13-16)24-8-10-26-19(27)17-14-5-6-15(12-14)18(17)20(26)28/h3-7,13-15,17-18H,2,8-12H2,1H3,(H2,23,24,25). The van der Waals surface area contributed by atoms with Gasteiger partial charge < -0.3 is 15.4 Å². The molecule has 8 nitrogen and oxygen atoms in total. The lowest BCUT2D eigenvalue weighted by molar-refractivity contribution is -0.140. The smallest absolute Gasteiger partial charge is 0.233 e. The molecule has 0 radical (unpaired) electrons. The first-order valence-corrected chi connectivity index (χ1v) is 10.3. The molecule has 3 aliphatic rings. The lowest BCUT2D eigenvalue weighted by atomic mass is 9.85. The first-order valence-electron chi connectivity index (χ1n) is 10.3. The molecule has 1 aliphatic heterocycles. The summed E-state index contributed by atoms with van der Waals surface area (Å²) in [7, 11) is 0. The van der Waals surface area contributed by atoms with Crippen LogP contribution in [0.15, 0.2) is 41.7 Å². The summed E-state index contributed by atoms with van der Waals surface area (Å²) >= 11 is 0. The molecule has 4 atom stereocenters. The number of imide groups is 1. The fourth-order valence-electron chi connectivity index (χ4n) is 4.56. The third-order valence-corrected chi connectivity index (χ3v) is 5.80. The molecule has 2 heterocycles. The topological polar surface area (TPSA) is 95.9 Å². The molecule has 4 unspecified atom stereocenters. The van der Waals surface area contributed by atoms with E-state index < -0.39 is 0 Å². The Balaban J connectivity index is 1.25. The first-order chi connectivity index (χ1) is 14.2. The zero-order valence-corrected chi connectivity index (χ0v) is 16.6. The van der Waals surface area contributed by atoms with Crippen molar-refractivity contribution in [1.82, 2.24) is 20.5 Å². The predicted octanol–water partition coefficient (Wildman–Crippen LogP) is 0.823. The second-order valence-corrected chi connectivity index (χ2v) is 7.55. The van der Waals surface area contributed by atoms with Crippen molar-refractivity contribution in [3.8, 4) is 5.75 Å². The van der Waals surface area contributed by atoms with E-state index in [1.807, 2.05) is 19.1 Å². The van der Waals surface area contributed by atoms with Crippen molar-refractivity contribution in [3.63, 3.8) is 0 Å². The van der Waals surface area contributed by atoms with E-state index in [-0.39, 0.29) is 35.5 Å². The summed E-state index contributed by atoms with van der Waals surface area (Å²) < 4.78 is 5.61. The largest absolute Gasteiger partial charge is 0.490 e. The number of allylic oxidation sites excluding steroid dienone is 2. The van der Waals surface area contributed by atoms with Crippen LogP contribution < -0.4 is 15.4 Å². The van der Waals surface area contributed by atoms with E-state index >= 15 is 0 Å². The number of fused-ring (bicyclic) bond motifs is 5. The van der Waals surface area contributed by atoms with Crippen LogP contribution >= 0.6 is 0 Å². The van der Waals surface area contributed by atoms with Crippen LogP contribution in [0.5, 0.6) is 5.75 Å². The molecule has 2 bridgehead atoms. The van der Waals surface area contributed by atoms with Gasteiger partial charge in [0, 0.05) is 19.3 Å². The maximum absolute atomic E-state index is 12.7. The molecular formula is C21H27N5O3. The van der Waals surface area contributed by atoms with E-state index in [1.54, 1.807) is 12.4 Å². The normalized spacial score (nSPS) is 27.5. The molecule has 29 heavy (non-hydrogen) atoms. The molecule has 154 valence electrons. The number of carbonyl (C=O) groups is 2. The number of carbonyl (C=O) groups excluding carboxylic acids is 2. The molecule has 4 rings (SSSR count). The van der Waals surface area contributed by atoms with Gasteiger partial charge in [-0.3, -0.25) is 24.5 Å². The van der Waals surface area contributed by atoms with Crippen molar-refractivity contribution in [3.05, 3.63) is 36.7 Å². The highest BCUT2D eigenvalue weighted by Gasteiger charge is 2.58. The number of aliphatic imine (C=N–C) groups is 1. The minimum absolute atomic E-state index is 0.0186. The molecule has 2 amide bonds. The number of aromatic nitrogens is 1. The Hall–Kier alpha value is -2.90. The monoisotopic (exact) mass is 397 g/mol. The van der Waals surface area contributed by atoms with Gasteiger partial charge in [-0.2, -0.15) is 0 Å². The van der Waals surface area contributed by atoms with E-state index in [9.17, 15) is 9.59 Å². The average molecular weight is 397 g/mol. The van der Waals surface area contributed by atoms with Crippen LogP contribution in [0, 0.1) is 23.7 Å². The number of nitrogens with zero attached hydrogens (tertiary/aromatic N) is 3. The number of rotatable bonds is 8. The highest BCUT2D eigenvalue weighted by Crippen LogP contribution is 2.52. The fourth-order valence-corrected chi connectivity index (χ4v) is 4.56.